The Labute approximate surface area is 150 Å². The maximum absolute atomic E-state index is 14.3. The Balaban J connectivity index is 1.77. The fourth-order valence-corrected chi connectivity index (χ4v) is 3.04. The highest BCUT2D eigenvalue weighted by atomic mass is 19.3. The number of halogens is 2. The van der Waals surface area contributed by atoms with Crippen LogP contribution in [0.4, 0.5) is 8.78 Å². The standard InChI is InChI=1S/C17H23F2N3O4/c1-16(2)9-20-14(24)11-3-4-13(21-15(11)26-16)25-12-5-6-22(7-8-23)10-17(12,18)19/h3-4,12,23H,5-10H2,1-2H3,(H,20,24). The summed E-state index contributed by atoms with van der Waals surface area (Å²) in [5, 5.41) is 11.6. The quantitative estimate of drug-likeness (QED) is 0.824. The number of hydrogen-bond donors (Lipinski definition) is 2. The number of alkyl halides is 2. The first-order valence-electron chi connectivity index (χ1n) is 8.56. The van der Waals surface area contributed by atoms with Crippen molar-refractivity contribution >= 4 is 5.91 Å². The van der Waals surface area contributed by atoms with Gasteiger partial charge in [0.05, 0.1) is 19.7 Å². The van der Waals surface area contributed by atoms with Gasteiger partial charge in [-0.05, 0) is 19.9 Å². The third-order valence-corrected chi connectivity index (χ3v) is 4.42. The maximum atomic E-state index is 14.3. The number of fused-ring (bicyclic) bond motifs is 1. The second-order valence-corrected chi connectivity index (χ2v) is 7.20. The molecule has 1 fully saturated rings. The van der Waals surface area contributed by atoms with Gasteiger partial charge in [0, 0.05) is 25.6 Å². The number of nitrogens with one attached hydrogen (secondary N) is 1. The zero-order chi connectivity index (χ0) is 18.9. The average molecular weight is 371 g/mol. The first kappa shape index (κ1) is 18.8. The molecule has 2 aliphatic rings. The van der Waals surface area contributed by atoms with Gasteiger partial charge in [-0.15, -0.1) is 0 Å². The molecule has 2 N–H and O–H groups in total. The second-order valence-electron chi connectivity index (χ2n) is 7.20. The van der Waals surface area contributed by atoms with Gasteiger partial charge in [0.15, 0.2) is 6.10 Å². The van der Waals surface area contributed by atoms with Crippen molar-refractivity contribution in [1.29, 1.82) is 0 Å². The number of aromatic nitrogens is 1. The third kappa shape index (κ3) is 4.04. The summed E-state index contributed by atoms with van der Waals surface area (Å²) in [6, 6.07) is 2.86. The summed E-state index contributed by atoms with van der Waals surface area (Å²) in [4.78, 5) is 17.7. The lowest BCUT2D eigenvalue weighted by Crippen LogP contribution is -2.54. The van der Waals surface area contributed by atoms with Crippen LogP contribution >= 0.6 is 0 Å². The minimum atomic E-state index is -3.07. The number of aliphatic hydroxyl groups excluding tert-OH is 1. The zero-order valence-corrected chi connectivity index (χ0v) is 14.8. The molecule has 0 spiro atoms. The van der Waals surface area contributed by atoms with E-state index in [1.165, 1.54) is 17.0 Å². The maximum Gasteiger partial charge on any atom is 0.296 e. The lowest BCUT2D eigenvalue weighted by Gasteiger charge is -2.37. The number of nitrogens with zero attached hydrogens (tertiary/aromatic N) is 2. The number of hydrogen-bond acceptors (Lipinski definition) is 6. The number of amides is 1. The Bertz CT molecular complexity index is 684. The molecule has 1 unspecified atom stereocenters. The Morgan fingerprint density at radius 1 is 1.46 bits per heavy atom. The van der Waals surface area contributed by atoms with E-state index in [4.69, 9.17) is 14.6 Å². The second kappa shape index (κ2) is 6.96. The molecule has 0 bridgehead atoms. The highest BCUT2D eigenvalue weighted by molar-refractivity contribution is 5.96. The topological polar surface area (TPSA) is 83.9 Å². The lowest BCUT2D eigenvalue weighted by molar-refractivity contribution is -0.141. The number of β-amino-alcohol motifs (C(OH)–C–C–N with tert-alkyl or cyclic N) is 1. The molecule has 0 radical (unpaired) electrons. The average Bonchev–Trinajstić information content (AvgIpc) is 2.66. The van der Waals surface area contributed by atoms with E-state index in [1.54, 1.807) is 13.8 Å². The molecular formula is C17H23F2N3O4. The van der Waals surface area contributed by atoms with E-state index in [1.807, 2.05) is 0 Å². The van der Waals surface area contributed by atoms with Crippen LogP contribution in [0, 0.1) is 0 Å². The Hall–Kier alpha value is -2.00. The van der Waals surface area contributed by atoms with Gasteiger partial charge in [-0.1, -0.05) is 0 Å². The summed E-state index contributed by atoms with van der Waals surface area (Å²) >= 11 is 0. The predicted molar refractivity (Wildman–Crippen MR) is 88.8 cm³/mol. The Kier molecular flexibility index (Phi) is 5.03. The van der Waals surface area contributed by atoms with Gasteiger partial charge in [0.1, 0.15) is 11.2 Å². The molecule has 3 rings (SSSR count). The van der Waals surface area contributed by atoms with Crippen molar-refractivity contribution in [2.45, 2.75) is 37.9 Å². The number of pyridine rings is 1. The third-order valence-electron chi connectivity index (χ3n) is 4.42. The van der Waals surface area contributed by atoms with Gasteiger partial charge in [-0.25, -0.2) is 8.78 Å². The van der Waals surface area contributed by atoms with Gasteiger partial charge in [0.25, 0.3) is 11.8 Å². The van der Waals surface area contributed by atoms with Crippen molar-refractivity contribution in [2.24, 2.45) is 0 Å². The number of carbonyl (C=O) groups excluding carboxylic acids is 1. The summed E-state index contributed by atoms with van der Waals surface area (Å²) in [6.45, 7) is 3.86. The van der Waals surface area contributed by atoms with Crippen LogP contribution in [0.2, 0.25) is 0 Å². The number of carbonyl (C=O) groups is 1. The Morgan fingerprint density at radius 2 is 2.23 bits per heavy atom. The van der Waals surface area contributed by atoms with Crippen LogP contribution in [0.1, 0.15) is 30.6 Å². The van der Waals surface area contributed by atoms with Crippen molar-refractivity contribution in [3.8, 4) is 11.8 Å². The molecule has 1 aromatic rings. The van der Waals surface area contributed by atoms with Crippen molar-refractivity contribution in [3.63, 3.8) is 0 Å². The van der Waals surface area contributed by atoms with Crippen molar-refractivity contribution in [2.75, 3.05) is 32.8 Å². The SMILES string of the molecule is CC1(C)CNC(=O)c2ccc(OC3CCN(CCO)CC3(F)F)nc2O1. The molecule has 1 amide bonds. The lowest BCUT2D eigenvalue weighted by atomic mass is 10.0. The molecule has 0 aromatic carbocycles. The van der Waals surface area contributed by atoms with Gasteiger partial charge < -0.3 is 19.9 Å². The first-order valence-corrected chi connectivity index (χ1v) is 8.56. The normalized spacial score (nSPS) is 24.8. The van der Waals surface area contributed by atoms with Gasteiger partial charge in [0.2, 0.25) is 11.8 Å². The number of aliphatic hydroxyl groups is 1. The van der Waals surface area contributed by atoms with Gasteiger partial charge in [-0.2, -0.15) is 4.98 Å². The molecule has 1 saturated heterocycles. The smallest absolute Gasteiger partial charge is 0.296 e. The fourth-order valence-electron chi connectivity index (χ4n) is 3.04. The van der Waals surface area contributed by atoms with E-state index >= 15 is 0 Å². The molecular weight excluding hydrogens is 348 g/mol. The number of piperidine rings is 1. The molecule has 1 aromatic heterocycles. The van der Waals surface area contributed by atoms with Crippen molar-refractivity contribution in [1.82, 2.24) is 15.2 Å². The minimum Gasteiger partial charge on any atom is -0.469 e. The molecule has 0 saturated carbocycles. The Morgan fingerprint density at radius 3 is 2.92 bits per heavy atom. The molecule has 3 heterocycles. The van der Waals surface area contributed by atoms with Crippen LogP contribution in [-0.4, -0.2) is 71.3 Å². The van der Waals surface area contributed by atoms with E-state index in [0.29, 0.717) is 13.1 Å². The predicted octanol–water partition coefficient (Wildman–Crippen LogP) is 1.06. The number of likely N-dealkylation sites (tertiary alicyclic amines) is 1. The summed E-state index contributed by atoms with van der Waals surface area (Å²) < 4.78 is 39.9. The zero-order valence-electron chi connectivity index (χ0n) is 14.8. The summed E-state index contributed by atoms with van der Waals surface area (Å²) in [7, 11) is 0. The fraction of sp³-hybridized carbons (Fsp3) is 0.647. The molecule has 2 aliphatic heterocycles. The van der Waals surface area contributed by atoms with Crippen LogP contribution < -0.4 is 14.8 Å². The monoisotopic (exact) mass is 371 g/mol. The number of ether oxygens (including phenoxy) is 2. The molecule has 9 heteroatoms. The summed E-state index contributed by atoms with van der Waals surface area (Å²) in [5.41, 5.74) is -0.431. The molecule has 0 aliphatic carbocycles. The van der Waals surface area contributed by atoms with E-state index in [0.717, 1.165) is 0 Å². The van der Waals surface area contributed by atoms with Crippen molar-refractivity contribution in [3.05, 3.63) is 17.7 Å². The number of rotatable bonds is 4. The molecule has 144 valence electrons. The van der Waals surface area contributed by atoms with Crippen LogP contribution in [0.3, 0.4) is 0 Å². The van der Waals surface area contributed by atoms with E-state index in [9.17, 15) is 13.6 Å². The van der Waals surface area contributed by atoms with E-state index in [-0.39, 0.29) is 42.8 Å². The summed E-state index contributed by atoms with van der Waals surface area (Å²) in [5.74, 6) is -3.33. The van der Waals surface area contributed by atoms with E-state index < -0.39 is 24.2 Å². The minimum absolute atomic E-state index is 0.00506. The highest BCUT2D eigenvalue weighted by Gasteiger charge is 2.46. The van der Waals surface area contributed by atoms with Crippen LogP contribution in [0.15, 0.2) is 12.1 Å². The molecule has 1 atom stereocenters. The van der Waals surface area contributed by atoms with Crippen molar-refractivity contribution < 1.29 is 28.2 Å². The van der Waals surface area contributed by atoms with Crippen LogP contribution in [0.25, 0.3) is 0 Å². The largest absolute Gasteiger partial charge is 0.469 e. The molecule has 26 heavy (non-hydrogen) atoms. The first-order chi connectivity index (χ1) is 12.2. The summed E-state index contributed by atoms with van der Waals surface area (Å²) in [6.07, 6.45) is -1.21. The van der Waals surface area contributed by atoms with E-state index in [2.05, 4.69) is 10.3 Å². The van der Waals surface area contributed by atoms with Gasteiger partial charge in [-0.3, -0.25) is 9.69 Å². The highest BCUT2D eigenvalue weighted by Crippen LogP contribution is 2.32. The van der Waals surface area contributed by atoms with Crippen LogP contribution in [-0.2, 0) is 0 Å². The van der Waals surface area contributed by atoms with Gasteiger partial charge >= 0.3 is 0 Å². The van der Waals surface area contributed by atoms with Crippen LogP contribution in [0.5, 0.6) is 11.8 Å². The molecule has 7 nitrogen and oxygen atoms in total.